The van der Waals surface area contributed by atoms with Gasteiger partial charge in [0, 0.05) is 19.5 Å². The number of nitrogens with zero attached hydrogens (tertiary/aromatic N) is 2. The number of benzene rings is 2. The number of carbonyl (C=O) groups is 2. The predicted octanol–water partition coefficient (Wildman–Crippen LogP) is 2.93. The molecule has 0 aliphatic heterocycles. The first kappa shape index (κ1) is 21.7. The lowest BCUT2D eigenvalue weighted by molar-refractivity contribution is -0.119. The summed E-state index contributed by atoms with van der Waals surface area (Å²) in [6, 6.07) is 14.4. The van der Waals surface area contributed by atoms with Crippen LogP contribution in [0.1, 0.15) is 10.5 Å². The fourth-order valence-corrected chi connectivity index (χ4v) is 3.64. The maximum absolute atomic E-state index is 12.2. The maximum Gasteiger partial charge on any atom is 0.357 e. The van der Waals surface area contributed by atoms with Crippen molar-refractivity contribution in [2.75, 3.05) is 26.0 Å². The number of sulfonamides is 1. The number of para-hydroxylation sites is 1. The Morgan fingerprint density at radius 1 is 1.10 bits per heavy atom. The molecule has 0 radical (unpaired) electrons. The first-order valence-corrected chi connectivity index (χ1v) is 10.5. The van der Waals surface area contributed by atoms with Gasteiger partial charge in [-0.1, -0.05) is 35.9 Å². The molecule has 0 bridgehead atoms. The topological polar surface area (TPSA) is 106 Å². The summed E-state index contributed by atoms with van der Waals surface area (Å²) >= 11 is 6.04. The van der Waals surface area contributed by atoms with Crippen molar-refractivity contribution < 1.29 is 22.7 Å². The molecular formula is C20H18ClN3O5S. The van der Waals surface area contributed by atoms with Crippen LogP contribution in [0.4, 0.5) is 5.69 Å². The molecule has 10 heteroatoms. The third-order valence-corrected chi connectivity index (χ3v) is 6.27. The van der Waals surface area contributed by atoms with Gasteiger partial charge in [-0.05, 0) is 30.3 Å². The average Bonchev–Trinajstić information content (AvgIpc) is 2.73. The quantitative estimate of drug-likeness (QED) is 0.582. The molecule has 3 aromatic rings. The van der Waals surface area contributed by atoms with E-state index in [0.29, 0.717) is 5.52 Å². The van der Waals surface area contributed by atoms with Crippen molar-refractivity contribution in [1.29, 1.82) is 0 Å². The number of esters is 1. The zero-order valence-electron chi connectivity index (χ0n) is 16.1. The highest BCUT2D eigenvalue weighted by molar-refractivity contribution is 7.89. The summed E-state index contributed by atoms with van der Waals surface area (Å²) in [5.41, 5.74) is 0.783. The van der Waals surface area contributed by atoms with E-state index in [1.54, 1.807) is 18.2 Å². The van der Waals surface area contributed by atoms with Gasteiger partial charge in [0.05, 0.1) is 21.1 Å². The number of ether oxygens (including phenoxy) is 1. The smallest absolute Gasteiger partial charge is 0.357 e. The molecule has 0 saturated heterocycles. The highest BCUT2D eigenvalue weighted by Gasteiger charge is 2.19. The number of hydrogen-bond donors (Lipinski definition) is 1. The maximum atomic E-state index is 12.2. The number of nitrogens with one attached hydrogen (secondary N) is 1. The van der Waals surface area contributed by atoms with Crippen molar-refractivity contribution in [3.05, 3.63) is 65.3 Å². The standard InChI is InChI=1S/C20H18ClN3O5S/c1-24(2)30(27,28)14-8-9-15(21)18(11-14)23-19(25)12-29-20(26)17-10-7-13-5-3-4-6-16(13)22-17/h3-11H,12H2,1-2H3,(H,23,25). The molecule has 0 spiro atoms. The number of anilines is 1. The predicted molar refractivity (Wildman–Crippen MR) is 113 cm³/mol. The van der Waals surface area contributed by atoms with Crippen LogP contribution in [0.2, 0.25) is 5.02 Å². The zero-order valence-corrected chi connectivity index (χ0v) is 17.7. The van der Waals surface area contributed by atoms with Crippen LogP contribution in [0.3, 0.4) is 0 Å². The molecule has 0 fully saturated rings. The highest BCUT2D eigenvalue weighted by atomic mass is 35.5. The number of rotatable bonds is 6. The lowest BCUT2D eigenvalue weighted by Crippen LogP contribution is -2.23. The van der Waals surface area contributed by atoms with Crippen LogP contribution in [0.15, 0.2) is 59.5 Å². The van der Waals surface area contributed by atoms with Crippen molar-refractivity contribution in [1.82, 2.24) is 9.29 Å². The van der Waals surface area contributed by atoms with E-state index in [-0.39, 0.29) is 21.3 Å². The molecule has 8 nitrogen and oxygen atoms in total. The number of fused-ring (bicyclic) bond motifs is 1. The van der Waals surface area contributed by atoms with Gasteiger partial charge < -0.3 is 10.1 Å². The second kappa shape index (κ2) is 8.78. The van der Waals surface area contributed by atoms with Crippen molar-refractivity contribution in [3.63, 3.8) is 0 Å². The first-order valence-electron chi connectivity index (χ1n) is 8.73. The van der Waals surface area contributed by atoms with E-state index >= 15 is 0 Å². The van der Waals surface area contributed by atoms with Crippen molar-refractivity contribution in [3.8, 4) is 0 Å². The molecule has 1 N–H and O–H groups in total. The van der Waals surface area contributed by atoms with Crippen LogP contribution >= 0.6 is 11.6 Å². The highest BCUT2D eigenvalue weighted by Crippen LogP contribution is 2.26. The Morgan fingerprint density at radius 2 is 1.83 bits per heavy atom. The monoisotopic (exact) mass is 447 g/mol. The van der Waals surface area contributed by atoms with E-state index in [0.717, 1.165) is 9.69 Å². The van der Waals surface area contributed by atoms with Crippen LogP contribution in [0.25, 0.3) is 10.9 Å². The van der Waals surface area contributed by atoms with Gasteiger partial charge in [-0.25, -0.2) is 22.5 Å². The third kappa shape index (κ3) is 4.76. The minimum absolute atomic E-state index is 0.0374. The summed E-state index contributed by atoms with van der Waals surface area (Å²) < 4.78 is 30.5. The number of amides is 1. The van der Waals surface area contributed by atoms with Crippen LogP contribution < -0.4 is 5.32 Å². The lowest BCUT2D eigenvalue weighted by atomic mass is 10.2. The summed E-state index contributed by atoms with van der Waals surface area (Å²) in [5, 5.41) is 3.46. The van der Waals surface area contributed by atoms with E-state index in [1.807, 2.05) is 12.1 Å². The molecule has 3 rings (SSSR count). The summed E-state index contributed by atoms with van der Waals surface area (Å²) in [7, 11) is -0.919. The molecule has 156 valence electrons. The number of hydrogen-bond acceptors (Lipinski definition) is 6. The molecule has 1 heterocycles. The molecule has 30 heavy (non-hydrogen) atoms. The van der Waals surface area contributed by atoms with Crippen LogP contribution in [0, 0.1) is 0 Å². The van der Waals surface area contributed by atoms with E-state index < -0.39 is 28.5 Å². The first-order chi connectivity index (χ1) is 14.2. The van der Waals surface area contributed by atoms with Gasteiger partial charge in [0.2, 0.25) is 10.0 Å². The Balaban J connectivity index is 1.67. The van der Waals surface area contributed by atoms with E-state index in [1.165, 1.54) is 38.4 Å². The molecule has 0 aliphatic carbocycles. The number of aromatic nitrogens is 1. The average molecular weight is 448 g/mol. The zero-order chi connectivity index (χ0) is 21.9. The third-order valence-electron chi connectivity index (χ3n) is 4.13. The lowest BCUT2D eigenvalue weighted by Gasteiger charge is -2.14. The molecule has 0 atom stereocenters. The molecule has 0 saturated carbocycles. The molecule has 2 aromatic carbocycles. The SMILES string of the molecule is CN(C)S(=O)(=O)c1ccc(Cl)c(NC(=O)COC(=O)c2ccc3ccccc3n2)c1. The molecule has 1 amide bonds. The van der Waals surface area contributed by atoms with E-state index in [2.05, 4.69) is 10.3 Å². The Labute approximate surface area is 178 Å². The molecule has 1 aromatic heterocycles. The van der Waals surface area contributed by atoms with E-state index in [9.17, 15) is 18.0 Å². The normalized spacial score (nSPS) is 11.5. The van der Waals surface area contributed by atoms with Crippen LogP contribution in [0.5, 0.6) is 0 Å². The molecule has 0 aliphatic rings. The van der Waals surface area contributed by atoms with Crippen LogP contribution in [-0.2, 0) is 19.6 Å². The van der Waals surface area contributed by atoms with Crippen molar-refractivity contribution in [2.45, 2.75) is 4.90 Å². The fourth-order valence-electron chi connectivity index (χ4n) is 2.54. The number of halogens is 1. The Bertz CT molecular complexity index is 1230. The Kier molecular flexibility index (Phi) is 6.35. The second-order valence-corrected chi connectivity index (χ2v) is 9.00. The van der Waals surface area contributed by atoms with Gasteiger partial charge in [-0.3, -0.25) is 4.79 Å². The van der Waals surface area contributed by atoms with Crippen molar-refractivity contribution >= 4 is 50.1 Å². The molecule has 0 unspecified atom stereocenters. The Hall–Kier alpha value is -3.01. The second-order valence-electron chi connectivity index (χ2n) is 6.44. The van der Waals surface area contributed by atoms with Crippen LogP contribution in [-0.4, -0.2) is 50.3 Å². The number of carbonyl (C=O) groups excluding carboxylic acids is 2. The van der Waals surface area contributed by atoms with Gasteiger partial charge in [0.1, 0.15) is 5.69 Å². The summed E-state index contributed by atoms with van der Waals surface area (Å²) in [4.78, 5) is 28.5. The van der Waals surface area contributed by atoms with Gasteiger partial charge in [0.15, 0.2) is 6.61 Å². The van der Waals surface area contributed by atoms with Gasteiger partial charge in [-0.15, -0.1) is 0 Å². The fraction of sp³-hybridized carbons (Fsp3) is 0.150. The number of pyridine rings is 1. The summed E-state index contributed by atoms with van der Waals surface area (Å²) in [5.74, 6) is -1.43. The van der Waals surface area contributed by atoms with Crippen molar-refractivity contribution in [2.24, 2.45) is 0 Å². The van der Waals surface area contributed by atoms with Gasteiger partial charge in [0.25, 0.3) is 5.91 Å². The summed E-state index contributed by atoms with van der Waals surface area (Å²) in [6.45, 7) is -0.589. The summed E-state index contributed by atoms with van der Waals surface area (Å²) in [6.07, 6.45) is 0. The van der Waals surface area contributed by atoms with Gasteiger partial charge in [-0.2, -0.15) is 0 Å². The minimum atomic E-state index is -3.70. The molecular weight excluding hydrogens is 430 g/mol. The Morgan fingerprint density at radius 3 is 2.57 bits per heavy atom. The van der Waals surface area contributed by atoms with Gasteiger partial charge >= 0.3 is 5.97 Å². The largest absolute Gasteiger partial charge is 0.451 e. The minimum Gasteiger partial charge on any atom is -0.451 e. The van der Waals surface area contributed by atoms with E-state index in [4.69, 9.17) is 16.3 Å².